The molecule has 1 aliphatic heterocycles. The van der Waals surface area contributed by atoms with Gasteiger partial charge in [0.15, 0.2) is 12.6 Å². The minimum Gasteiger partial charge on any atom is -0.468 e. The summed E-state index contributed by atoms with van der Waals surface area (Å²) in [6.45, 7) is 0.847. The number of hydrogen-bond acceptors (Lipinski definition) is 8. The maximum Gasteiger partial charge on any atom is 0.387 e. The molecule has 1 saturated heterocycles. The first kappa shape index (κ1) is 23.1. The Morgan fingerprint density at radius 1 is 1.31 bits per heavy atom. The number of ether oxygens (including phenoxy) is 4. The zero-order chi connectivity index (χ0) is 21.6. The molecule has 8 nitrogen and oxygen atoms in total. The molecule has 1 fully saturated rings. The number of methoxy groups -OCH3 is 1. The number of esters is 1. The Morgan fingerprint density at radius 3 is 2.62 bits per heavy atom. The zero-order valence-electron chi connectivity index (χ0n) is 17.0. The molecular weight excluding hydrogens is 390 g/mol. The van der Waals surface area contributed by atoms with Crippen molar-refractivity contribution in [1.82, 2.24) is 4.90 Å². The molecule has 1 heterocycles. The second-order valence-electron chi connectivity index (χ2n) is 6.66. The topological polar surface area (TPSA) is 89.5 Å². The highest BCUT2D eigenvalue weighted by Crippen LogP contribution is 2.36. The quantitative estimate of drug-likeness (QED) is 0.443. The number of alkyl halides is 2. The van der Waals surface area contributed by atoms with Gasteiger partial charge >= 0.3 is 12.6 Å². The maximum atomic E-state index is 13.0. The van der Waals surface area contributed by atoms with Crippen molar-refractivity contribution >= 4 is 11.7 Å². The summed E-state index contributed by atoms with van der Waals surface area (Å²) >= 11 is 0. The standard InChI is InChI=1S/C19H28F2N2O6/c1-11(24)27-12(2)28-17-9-16(29-19(20)21)13(8-14(17)22-3)10-23-7-5-6-15(23)18(25)26-4/h8-9,11-12,15,19,22,24H,5-7,10H2,1-4H3/t11?,12?,15-/m0/s1. The summed E-state index contributed by atoms with van der Waals surface area (Å²) in [6.07, 6.45) is -0.426. The average Bonchev–Trinajstić information content (AvgIpc) is 3.10. The number of rotatable bonds is 10. The lowest BCUT2D eigenvalue weighted by Crippen LogP contribution is -2.36. The molecule has 1 aliphatic rings. The van der Waals surface area contributed by atoms with Crippen molar-refractivity contribution in [2.75, 3.05) is 26.0 Å². The number of anilines is 1. The van der Waals surface area contributed by atoms with E-state index in [0.717, 1.165) is 6.42 Å². The van der Waals surface area contributed by atoms with Gasteiger partial charge in [-0.15, -0.1) is 0 Å². The van der Waals surface area contributed by atoms with E-state index in [9.17, 15) is 18.7 Å². The van der Waals surface area contributed by atoms with E-state index >= 15 is 0 Å². The van der Waals surface area contributed by atoms with E-state index in [4.69, 9.17) is 18.9 Å². The minimum absolute atomic E-state index is 0.0613. The van der Waals surface area contributed by atoms with Crippen molar-refractivity contribution in [3.8, 4) is 11.5 Å². The number of aliphatic hydroxyl groups is 1. The van der Waals surface area contributed by atoms with Crippen LogP contribution < -0.4 is 14.8 Å². The fourth-order valence-corrected chi connectivity index (χ4v) is 3.35. The monoisotopic (exact) mass is 418 g/mol. The Hall–Kier alpha value is -2.17. The molecular formula is C19H28F2N2O6. The number of carbonyl (C=O) groups is 1. The molecule has 3 atom stereocenters. The van der Waals surface area contributed by atoms with E-state index in [1.165, 1.54) is 20.1 Å². The molecule has 2 rings (SSSR count). The van der Waals surface area contributed by atoms with Gasteiger partial charge in [-0.3, -0.25) is 9.69 Å². The van der Waals surface area contributed by atoms with Gasteiger partial charge < -0.3 is 29.4 Å². The van der Waals surface area contributed by atoms with Gasteiger partial charge in [-0.25, -0.2) is 0 Å². The smallest absolute Gasteiger partial charge is 0.387 e. The van der Waals surface area contributed by atoms with Crippen LogP contribution in [0.3, 0.4) is 0 Å². The van der Waals surface area contributed by atoms with Gasteiger partial charge in [-0.2, -0.15) is 8.78 Å². The lowest BCUT2D eigenvalue weighted by Gasteiger charge is -2.25. The van der Waals surface area contributed by atoms with E-state index in [0.29, 0.717) is 24.2 Å². The maximum absolute atomic E-state index is 13.0. The number of halogens is 2. The molecule has 2 N–H and O–H groups in total. The van der Waals surface area contributed by atoms with Crippen LogP contribution in [0.5, 0.6) is 11.5 Å². The summed E-state index contributed by atoms with van der Waals surface area (Å²) in [7, 11) is 2.98. The van der Waals surface area contributed by atoms with E-state index in [-0.39, 0.29) is 24.0 Å². The fraction of sp³-hybridized carbons (Fsp3) is 0.632. The van der Waals surface area contributed by atoms with E-state index in [1.807, 2.05) is 4.90 Å². The van der Waals surface area contributed by atoms with Gasteiger partial charge in [0, 0.05) is 25.2 Å². The molecule has 0 aliphatic carbocycles. The Kier molecular flexibility index (Phi) is 8.42. The molecule has 0 bridgehead atoms. The van der Waals surface area contributed by atoms with Crippen LogP contribution in [0.2, 0.25) is 0 Å². The molecule has 0 radical (unpaired) electrons. The summed E-state index contributed by atoms with van der Waals surface area (Å²) < 4.78 is 46.3. The lowest BCUT2D eigenvalue weighted by molar-refractivity contribution is -0.179. The third kappa shape index (κ3) is 6.41. The molecule has 10 heteroatoms. The molecule has 0 amide bonds. The fourth-order valence-electron chi connectivity index (χ4n) is 3.35. The van der Waals surface area contributed by atoms with Crippen LogP contribution in [0.25, 0.3) is 0 Å². The molecule has 1 aromatic carbocycles. The number of nitrogens with one attached hydrogen (secondary N) is 1. The van der Waals surface area contributed by atoms with Crippen LogP contribution in [0.4, 0.5) is 14.5 Å². The number of benzene rings is 1. The van der Waals surface area contributed by atoms with Crippen LogP contribution in [-0.4, -0.2) is 61.9 Å². The number of aliphatic hydroxyl groups excluding tert-OH is 1. The third-order valence-electron chi connectivity index (χ3n) is 4.54. The number of carbonyl (C=O) groups excluding carboxylic acids is 1. The highest BCUT2D eigenvalue weighted by molar-refractivity contribution is 5.76. The largest absolute Gasteiger partial charge is 0.468 e. The van der Waals surface area contributed by atoms with E-state index in [2.05, 4.69) is 5.32 Å². The van der Waals surface area contributed by atoms with Gasteiger partial charge in [0.25, 0.3) is 0 Å². The summed E-state index contributed by atoms with van der Waals surface area (Å²) in [4.78, 5) is 13.9. The first-order chi connectivity index (χ1) is 13.7. The Labute approximate surface area is 168 Å². The van der Waals surface area contributed by atoms with Crippen molar-refractivity contribution < 1.29 is 37.6 Å². The van der Waals surface area contributed by atoms with Crippen molar-refractivity contribution in [3.63, 3.8) is 0 Å². The predicted octanol–water partition coefficient (Wildman–Crippen LogP) is 2.55. The van der Waals surface area contributed by atoms with Crippen molar-refractivity contribution in [2.24, 2.45) is 0 Å². The molecule has 29 heavy (non-hydrogen) atoms. The van der Waals surface area contributed by atoms with Crippen LogP contribution in [0.15, 0.2) is 12.1 Å². The highest BCUT2D eigenvalue weighted by atomic mass is 19.3. The lowest BCUT2D eigenvalue weighted by atomic mass is 10.1. The van der Waals surface area contributed by atoms with Crippen LogP contribution >= 0.6 is 0 Å². The summed E-state index contributed by atoms with van der Waals surface area (Å²) in [5.41, 5.74) is 0.998. The SMILES string of the molecule is CNc1cc(CN2CCC[C@H]2C(=O)OC)c(OC(F)F)cc1OC(C)OC(C)O. The van der Waals surface area contributed by atoms with Crippen LogP contribution in [0, 0.1) is 0 Å². The second-order valence-corrected chi connectivity index (χ2v) is 6.66. The average molecular weight is 418 g/mol. The Bertz CT molecular complexity index is 689. The molecule has 0 aromatic heterocycles. The van der Waals surface area contributed by atoms with E-state index in [1.54, 1.807) is 20.0 Å². The number of nitrogens with zero attached hydrogens (tertiary/aromatic N) is 1. The normalized spacial score (nSPS) is 19.1. The van der Waals surface area contributed by atoms with Crippen molar-refractivity contribution in [3.05, 3.63) is 17.7 Å². The van der Waals surface area contributed by atoms with Crippen molar-refractivity contribution in [2.45, 2.75) is 58.5 Å². The molecule has 164 valence electrons. The van der Waals surface area contributed by atoms with E-state index < -0.39 is 25.2 Å². The second kappa shape index (κ2) is 10.6. The molecule has 0 saturated carbocycles. The van der Waals surface area contributed by atoms with Gasteiger partial charge in [0.05, 0.1) is 12.8 Å². The summed E-state index contributed by atoms with van der Waals surface area (Å²) in [5.74, 6) is -0.184. The highest BCUT2D eigenvalue weighted by Gasteiger charge is 2.32. The van der Waals surface area contributed by atoms with Gasteiger partial charge in [0.1, 0.15) is 17.5 Å². The molecule has 2 unspecified atom stereocenters. The van der Waals surface area contributed by atoms with Crippen LogP contribution in [0.1, 0.15) is 32.3 Å². The summed E-state index contributed by atoms with van der Waals surface area (Å²) in [5, 5.41) is 12.3. The number of likely N-dealkylation sites (tertiary alicyclic amines) is 1. The molecule has 1 aromatic rings. The van der Waals surface area contributed by atoms with Gasteiger partial charge in [-0.1, -0.05) is 0 Å². The minimum atomic E-state index is -3.02. The van der Waals surface area contributed by atoms with Gasteiger partial charge in [-0.05, 0) is 39.3 Å². The first-order valence-electron chi connectivity index (χ1n) is 9.36. The number of hydrogen-bond donors (Lipinski definition) is 2. The zero-order valence-corrected chi connectivity index (χ0v) is 17.0. The summed E-state index contributed by atoms with van der Waals surface area (Å²) in [6, 6.07) is 2.56. The first-order valence-corrected chi connectivity index (χ1v) is 9.36. The third-order valence-corrected chi connectivity index (χ3v) is 4.54. The Morgan fingerprint density at radius 2 is 2.03 bits per heavy atom. The van der Waals surface area contributed by atoms with Crippen LogP contribution in [-0.2, 0) is 20.8 Å². The van der Waals surface area contributed by atoms with Gasteiger partial charge in [0.2, 0.25) is 0 Å². The predicted molar refractivity (Wildman–Crippen MR) is 101 cm³/mol. The molecule has 0 spiro atoms. The van der Waals surface area contributed by atoms with Crippen molar-refractivity contribution in [1.29, 1.82) is 0 Å². The Balaban J connectivity index is 2.31.